The number of likely N-dealkylation sites (tertiary alicyclic amines) is 1. The number of anilines is 1. The van der Waals surface area contributed by atoms with Gasteiger partial charge in [-0.1, -0.05) is 12.1 Å². The Morgan fingerprint density at radius 1 is 1.44 bits per heavy atom. The van der Waals surface area contributed by atoms with Crippen molar-refractivity contribution in [1.29, 1.82) is 5.26 Å². The van der Waals surface area contributed by atoms with Crippen LogP contribution in [0, 0.1) is 11.3 Å². The van der Waals surface area contributed by atoms with Crippen molar-refractivity contribution in [3.05, 3.63) is 28.7 Å². The summed E-state index contributed by atoms with van der Waals surface area (Å²) in [4.78, 5) is 2.34. The normalized spacial score (nSPS) is 24.2. The summed E-state index contributed by atoms with van der Waals surface area (Å²) >= 11 is 3.52. The van der Waals surface area contributed by atoms with Crippen molar-refractivity contribution in [1.82, 2.24) is 4.90 Å². The van der Waals surface area contributed by atoms with Crippen LogP contribution >= 0.6 is 15.9 Å². The molecule has 0 amide bonds. The molecule has 1 aromatic rings. The molecule has 0 saturated carbocycles. The van der Waals surface area contributed by atoms with Crippen molar-refractivity contribution in [2.24, 2.45) is 0 Å². The van der Waals surface area contributed by atoms with Gasteiger partial charge in [0.25, 0.3) is 0 Å². The number of hydrogen-bond donors (Lipinski definition) is 1. The van der Waals surface area contributed by atoms with Crippen molar-refractivity contribution in [2.75, 3.05) is 18.4 Å². The Morgan fingerprint density at radius 3 is 2.72 bits per heavy atom. The van der Waals surface area contributed by atoms with Crippen LogP contribution in [0.5, 0.6) is 0 Å². The Bertz CT molecular complexity index is 466. The molecule has 96 valence electrons. The van der Waals surface area contributed by atoms with Gasteiger partial charge in [-0.3, -0.25) is 4.90 Å². The molecule has 1 heterocycles. The third-order valence-corrected chi connectivity index (χ3v) is 4.18. The lowest BCUT2D eigenvalue weighted by Crippen LogP contribution is -2.41. The van der Waals surface area contributed by atoms with Gasteiger partial charge in [0, 0.05) is 29.3 Å². The van der Waals surface area contributed by atoms with Gasteiger partial charge >= 0.3 is 0 Å². The van der Waals surface area contributed by atoms with Crippen LogP contribution < -0.4 is 5.32 Å². The molecule has 1 aliphatic heterocycles. The molecule has 2 rings (SSSR count). The first-order chi connectivity index (χ1) is 8.56. The van der Waals surface area contributed by atoms with Crippen molar-refractivity contribution in [3.63, 3.8) is 0 Å². The summed E-state index contributed by atoms with van der Waals surface area (Å²) in [6, 6.07) is 10.9. The van der Waals surface area contributed by atoms with E-state index in [-0.39, 0.29) is 0 Å². The standard InChI is InChI=1S/C14H18BrN3/c1-11(2)18-8-7-14(9-16,10-18)17-13-6-4-3-5-12(13)15/h3-6,11,17H,7-8,10H2,1-2H3. The first kappa shape index (κ1) is 13.4. The maximum Gasteiger partial charge on any atom is 0.139 e. The summed E-state index contributed by atoms with van der Waals surface area (Å²) in [5.41, 5.74) is 0.526. The summed E-state index contributed by atoms with van der Waals surface area (Å²) in [6.45, 7) is 6.10. The smallest absolute Gasteiger partial charge is 0.139 e. The molecular formula is C14H18BrN3. The Labute approximate surface area is 117 Å². The molecule has 1 aromatic carbocycles. The SMILES string of the molecule is CC(C)N1CCC(C#N)(Nc2ccccc2Br)C1. The third-order valence-electron chi connectivity index (χ3n) is 3.49. The van der Waals surface area contributed by atoms with Crippen molar-refractivity contribution in [3.8, 4) is 6.07 Å². The second-order valence-corrected chi connectivity index (χ2v) is 5.97. The number of rotatable bonds is 3. The Kier molecular flexibility index (Phi) is 3.94. The quantitative estimate of drug-likeness (QED) is 0.932. The first-order valence-electron chi connectivity index (χ1n) is 6.24. The molecule has 3 nitrogen and oxygen atoms in total. The third kappa shape index (κ3) is 2.68. The van der Waals surface area contributed by atoms with E-state index in [2.05, 4.69) is 46.1 Å². The van der Waals surface area contributed by atoms with E-state index in [1.165, 1.54) is 0 Å². The number of benzene rings is 1. The second-order valence-electron chi connectivity index (χ2n) is 5.11. The monoisotopic (exact) mass is 307 g/mol. The number of hydrogen-bond acceptors (Lipinski definition) is 3. The van der Waals surface area contributed by atoms with Gasteiger partial charge in [-0.25, -0.2) is 0 Å². The highest BCUT2D eigenvalue weighted by atomic mass is 79.9. The maximum absolute atomic E-state index is 9.51. The zero-order valence-electron chi connectivity index (χ0n) is 10.8. The highest BCUT2D eigenvalue weighted by Crippen LogP contribution is 2.30. The van der Waals surface area contributed by atoms with Crippen LogP contribution in [0.15, 0.2) is 28.7 Å². The van der Waals surface area contributed by atoms with Crippen LogP contribution in [0.25, 0.3) is 0 Å². The van der Waals surface area contributed by atoms with Crippen LogP contribution in [-0.4, -0.2) is 29.6 Å². The molecule has 1 saturated heterocycles. The Hall–Kier alpha value is -1.05. The van der Waals surface area contributed by atoms with E-state index in [1.54, 1.807) is 0 Å². The van der Waals surface area contributed by atoms with E-state index in [1.807, 2.05) is 24.3 Å². The highest BCUT2D eigenvalue weighted by Gasteiger charge is 2.39. The van der Waals surface area contributed by atoms with Crippen molar-refractivity contribution >= 4 is 21.6 Å². The number of nitrogens with one attached hydrogen (secondary N) is 1. The maximum atomic E-state index is 9.51. The molecule has 0 aliphatic carbocycles. The van der Waals surface area contributed by atoms with Gasteiger partial charge in [-0.2, -0.15) is 5.26 Å². The van der Waals surface area contributed by atoms with Gasteiger partial charge in [0.1, 0.15) is 5.54 Å². The summed E-state index contributed by atoms with van der Waals surface area (Å²) < 4.78 is 1.00. The summed E-state index contributed by atoms with van der Waals surface area (Å²) in [5.74, 6) is 0. The number of halogens is 1. The highest BCUT2D eigenvalue weighted by molar-refractivity contribution is 9.10. The first-order valence-corrected chi connectivity index (χ1v) is 7.04. The summed E-state index contributed by atoms with van der Waals surface area (Å²) in [6.07, 6.45) is 0.864. The lowest BCUT2D eigenvalue weighted by atomic mass is 10.0. The van der Waals surface area contributed by atoms with Crippen LogP contribution in [0.1, 0.15) is 20.3 Å². The number of nitrogens with zero attached hydrogens (tertiary/aromatic N) is 2. The van der Waals surface area contributed by atoms with Crippen molar-refractivity contribution in [2.45, 2.75) is 31.8 Å². The summed E-state index contributed by atoms with van der Waals surface area (Å²) in [5, 5.41) is 12.9. The van der Waals surface area contributed by atoms with E-state index in [9.17, 15) is 5.26 Å². The predicted octanol–water partition coefficient (Wildman–Crippen LogP) is 3.24. The van der Waals surface area contributed by atoms with Gasteiger partial charge in [0.2, 0.25) is 0 Å². The minimum atomic E-state index is -0.464. The van der Waals surface area contributed by atoms with Gasteiger partial charge in [0.05, 0.1) is 6.07 Å². The fourth-order valence-electron chi connectivity index (χ4n) is 2.32. The molecular weight excluding hydrogens is 290 g/mol. The van der Waals surface area contributed by atoms with E-state index in [0.29, 0.717) is 6.04 Å². The van der Waals surface area contributed by atoms with Crippen LogP contribution in [0.4, 0.5) is 5.69 Å². The number of para-hydroxylation sites is 1. The fraction of sp³-hybridized carbons (Fsp3) is 0.500. The number of nitriles is 1. The molecule has 0 bridgehead atoms. The van der Waals surface area contributed by atoms with Crippen LogP contribution in [0.2, 0.25) is 0 Å². The molecule has 4 heteroatoms. The van der Waals surface area contributed by atoms with E-state index in [4.69, 9.17) is 0 Å². The lowest BCUT2D eigenvalue weighted by molar-refractivity contribution is 0.268. The lowest BCUT2D eigenvalue weighted by Gasteiger charge is -2.26. The molecule has 0 radical (unpaired) electrons. The predicted molar refractivity (Wildman–Crippen MR) is 77.4 cm³/mol. The Morgan fingerprint density at radius 2 is 2.17 bits per heavy atom. The summed E-state index contributed by atoms with van der Waals surface area (Å²) in [7, 11) is 0. The minimum Gasteiger partial charge on any atom is -0.365 e. The van der Waals surface area contributed by atoms with Crippen molar-refractivity contribution < 1.29 is 0 Å². The average molecular weight is 308 g/mol. The van der Waals surface area contributed by atoms with Crippen LogP contribution in [0.3, 0.4) is 0 Å². The van der Waals surface area contributed by atoms with Gasteiger partial charge in [0.15, 0.2) is 0 Å². The zero-order valence-corrected chi connectivity index (χ0v) is 12.4. The fourth-order valence-corrected chi connectivity index (χ4v) is 2.71. The van der Waals surface area contributed by atoms with E-state index < -0.39 is 5.54 Å². The topological polar surface area (TPSA) is 39.1 Å². The minimum absolute atomic E-state index is 0.464. The molecule has 1 unspecified atom stereocenters. The molecule has 1 atom stereocenters. The molecule has 0 aromatic heterocycles. The molecule has 1 aliphatic rings. The second kappa shape index (κ2) is 5.29. The van der Waals surface area contributed by atoms with Gasteiger partial charge in [-0.05, 0) is 48.3 Å². The van der Waals surface area contributed by atoms with Crippen LogP contribution in [-0.2, 0) is 0 Å². The molecule has 18 heavy (non-hydrogen) atoms. The zero-order chi connectivity index (χ0) is 13.2. The van der Waals surface area contributed by atoms with E-state index >= 15 is 0 Å². The average Bonchev–Trinajstić information content (AvgIpc) is 2.77. The largest absolute Gasteiger partial charge is 0.365 e. The van der Waals surface area contributed by atoms with Gasteiger partial charge in [-0.15, -0.1) is 0 Å². The van der Waals surface area contributed by atoms with E-state index in [0.717, 1.165) is 29.7 Å². The molecule has 1 fully saturated rings. The Balaban J connectivity index is 2.17. The molecule has 1 N–H and O–H groups in total. The molecule has 0 spiro atoms. The van der Waals surface area contributed by atoms with Gasteiger partial charge < -0.3 is 5.32 Å².